The van der Waals surface area contributed by atoms with Gasteiger partial charge in [0.15, 0.2) is 0 Å². The van der Waals surface area contributed by atoms with Crippen LogP contribution in [0.2, 0.25) is 0 Å². The van der Waals surface area contributed by atoms with E-state index in [4.69, 9.17) is 4.74 Å². The van der Waals surface area contributed by atoms with Crippen molar-refractivity contribution in [2.75, 3.05) is 69.6 Å². The molecule has 25 nitrogen and oxygen atoms in total. The van der Waals surface area contributed by atoms with Gasteiger partial charge in [-0.15, -0.1) is 11.8 Å². The second kappa shape index (κ2) is 38.4. The number of aryl methyl sites for hydroxylation is 1. The summed E-state index contributed by atoms with van der Waals surface area (Å²) in [4.78, 5) is 138. The predicted octanol–water partition coefficient (Wildman–Crippen LogP) is 5.49. The topological polar surface area (TPSA) is 344 Å². The number of anilines is 1. The first-order valence-electron chi connectivity index (χ1n) is 30.4. The summed E-state index contributed by atoms with van der Waals surface area (Å²) in [6, 6.07) is 1.09. The van der Waals surface area contributed by atoms with Crippen LogP contribution < -0.4 is 26.3 Å². The number of hydrogen-bond acceptors (Lipinski definition) is 17. The number of thioether (sulfide) groups is 1. The molecule has 2 saturated heterocycles. The number of amides is 8. The Balaban J connectivity index is 0.0000162. The van der Waals surface area contributed by atoms with Crippen LogP contribution in [0, 0.1) is 21.4 Å². The molecular formula is C59H85FGaN9O16S. The molecule has 2 atom stereocenters. The van der Waals surface area contributed by atoms with Crippen molar-refractivity contribution in [3.05, 3.63) is 55.1 Å². The molecule has 4 N–H and O–H groups in total. The molecule has 0 radical (unpaired) electrons. The zero-order valence-corrected chi connectivity index (χ0v) is 53.5. The number of piperidine rings is 1. The van der Waals surface area contributed by atoms with Crippen molar-refractivity contribution in [1.82, 2.24) is 40.6 Å². The molecule has 4 heterocycles. The molecule has 2 aromatic rings. The molecule has 8 amide bonds. The van der Waals surface area contributed by atoms with E-state index in [2.05, 4.69) is 16.0 Å². The van der Waals surface area contributed by atoms with E-state index < -0.39 is 46.1 Å². The summed E-state index contributed by atoms with van der Waals surface area (Å²) in [6.45, 7) is 5.23. The van der Waals surface area contributed by atoms with Crippen LogP contribution in [0.15, 0.2) is 17.1 Å². The summed E-state index contributed by atoms with van der Waals surface area (Å²) in [5.74, 6) is -5.00. The Morgan fingerprint density at radius 1 is 0.690 bits per heavy atom. The van der Waals surface area contributed by atoms with Crippen molar-refractivity contribution in [2.24, 2.45) is 0 Å². The number of hydroxylamine groups is 6. The zero-order valence-electron chi connectivity index (χ0n) is 50.3. The fourth-order valence-electron chi connectivity index (χ4n) is 10.6. The van der Waals surface area contributed by atoms with E-state index in [1.165, 1.54) is 29.8 Å². The number of likely N-dealkylation sites (tertiary alicyclic amines) is 1. The average Bonchev–Trinajstić information content (AvgIpc) is 1.25. The number of aromatic carboxylic acids is 1. The number of carboxylic acids is 1. The van der Waals surface area contributed by atoms with E-state index in [-0.39, 0.29) is 150 Å². The Morgan fingerprint density at radius 2 is 1.22 bits per heavy atom. The fourth-order valence-corrected chi connectivity index (χ4v) is 11.8. The van der Waals surface area contributed by atoms with Crippen LogP contribution in [0.25, 0.3) is 10.9 Å². The normalized spacial score (nSPS) is 15.7. The number of ether oxygens (including phenoxy) is 1. The third kappa shape index (κ3) is 24.1. The number of halogens is 1. The Hall–Kier alpha value is -6.07. The number of hydrogen-bond donors (Lipinski definition) is 4. The largest absolute Gasteiger partial charge is 3.00 e. The van der Waals surface area contributed by atoms with Gasteiger partial charge < -0.3 is 66.1 Å². The molecule has 3 aliphatic rings. The molecule has 5 rings (SSSR count). The third-order valence-electron chi connectivity index (χ3n) is 15.6. The van der Waals surface area contributed by atoms with Crippen molar-refractivity contribution >= 4 is 107 Å². The number of unbranched alkanes of at least 4 members (excludes halogenated alkanes) is 9. The smallest absolute Gasteiger partial charge is 0.756 e. The van der Waals surface area contributed by atoms with Gasteiger partial charge in [0.2, 0.25) is 52.7 Å². The minimum Gasteiger partial charge on any atom is -0.756 e. The van der Waals surface area contributed by atoms with Gasteiger partial charge >= 0.3 is 31.7 Å². The van der Waals surface area contributed by atoms with Crippen LogP contribution in [-0.2, 0) is 54.3 Å². The average molecular weight is 1300 g/mol. The van der Waals surface area contributed by atoms with Crippen molar-refractivity contribution in [1.29, 1.82) is 0 Å². The molecule has 2 fully saturated rings. The first-order chi connectivity index (χ1) is 41.2. The molecule has 28 heteroatoms. The number of benzene rings is 1. The number of imide groups is 1. The number of nitrogens with zero attached hydrogens (tertiary/aromatic N) is 6. The molecular weight excluding hydrogens is 1210 g/mol. The third-order valence-corrected chi connectivity index (χ3v) is 16.9. The summed E-state index contributed by atoms with van der Waals surface area (Å²) < 4.78 is 23.3. The fraction of sp³-hybridized carbons (Fsp3) is 0.678. The quantitative estimate of drug-likeness (QED) is 0.0211. The molecule has 0 spiro atoms. The standard InChI is InChI=1S/C59H85FN9O16S.Ga/c1-40-19-20-43-55-44(57(78)45(59(80)81)39-66(40)55)37-46(60)56(43)64-34-25-42(26-35-64)85-54(77)18-7-3-16-36-86-47-38-53(76)65(58(47)79)30-15-8-17-48(71)61-27-10-5-13-32-68(83)51(74)24-22-50(73)63-29-11-6-14-33-69(84)52(75)23-21-49(72)62-28-9-4-12-31-67(82)41(2)70;/h37,39-40,42,47H,3-36,38H2,1-2H3,(H,61,71)(H,62,72)(H,63,73)(H,80,81);/q-3;+3. The van der Waals surface area contributed by atoms with Crippen molar-refractivity contribution in [3.8, 4) is 0 Å². The monoisotopic (exact) mass is 1300 g/mol. The number of esters is 1. The first-order valence-corrected chi connectivity index (χ1v) is 31.5. The van der Waals surface area contributed by atoms with Gasteiger partial charge in [-0.3, -0.25) is 52.8 Å². The zero-order chi connectivity index (χ0) is 62.7. The number of aromatic nitrogens is 1. The molecule has 0 bridgehead atoms. The Labute approximate surface area is 524 Å². The van der Waals surface area contributed by atoms with Gasteiger partial charge in [-0.1, -0.05) is 6.42 Å². The minimum absolute atomic E-state index is 0. The Morgan fingerprint density at radius 3 is 1.77 bits per heavy atom. The van der Waals surface area contributed by atoms with Gasteiger partial charge in [-0.2, -0.15) is 0 Å². The van der Waals surface area contributed by atoms with Gasteiger partial charge in [0, 0.05) is 147 Å². The molecule has 478 valence electrons. The van der Waals surface area contributed by atoms with Gasteiger partial charge in [-0.05, 0) is 115 Å². The number of carbonyl (C=O) groups is 10. The minimum atomic E-state index is -1.35. The number of carboxylic acid groups (broad SMARTS) is 1. The first kappa shape index (κ1) is 73.4. The van der Waals surface area contributed by atoms with E-state index in [9.17, 15) is 73.5 Å². The maximum atomic E-state index is 15.8. The molecule has 1 aromatic heterocycles. The molecule has 1 aromatic carbocycles. The van der Waals surface area contributed by atoms with E-state index in [0.717, 1.165) is 18.9 Å². The van der Waals surface area contributed by atoms with Gasteiger partial charge in [0.25, 0.3) is 0 Å². The number of rotatable bonds is 39. The van der Waals surface area contributed by atoms with Gasteiger partial charge in [0.1, 0.15) is 17.5 Å². The van der Waals surface area contributed by atoms with E-state index in [0.29, 0.717) is 167 Å². The Kier molecular flexibility index (Phi) is 32.4. The maximum absolute atomic E-state index is 15.8. The molecule has 2 unspecified atom stereocenters. The molecule has 0 saturated carbocycles. The number of nitrogens with one attached hydrogen (secondary N) is 3. The van der Waals surface area contributed by atoms with Crippen molar-refractivity contribution in [2.45, 2.75) is 192 Å². The number of carbonyl (C=O) groups excluding carboxylic acids is 9. The number of pyridine rings is 1. The SMILES string of the molecule is CC(=O)N([O-])CCCCCNC(=O)CCC(=O)N([O-])CCCCCNC(=O)CCC(=O)N([O-])CCCCCNC(=O)CCCCN1C(=O)CC(SCCCCCC(=O)OC2CCN(c3c(F)cc4c(=O)c(C(=O)O)cn5c4c3CCC5C)CC2)C1=O.[Ga+3]. The summed E-state index contributed by atoms with van der Waals surface area (Å²) in [5.41, 5.74) is 0.567. The summed E-state index contributed by atoms with van der Waals surface area (Å²) in [5, 5.41) is 53.9. The van der Waals surface area contributed by atoms with Gasteiger partial charge in [0.05, 0.1) is 16.5 Å². The summed E-state index contributed by atoms with van der Waals surface area (Å²) in [6.07, 6.45) is 10.8. The van der Waals surface area contributed by atoms with Gasteiger partial charge in [-0.25, -0.2) is 9.18 Å². The second-order valence-electron chi connectivity index (χ2n) is 22.3. The summed E-state index contributed by atoms with van der Waals surface area (Å²) in [7, 11) is 0. The maximum Gasteiger partial charge on any atom is 3.00 e. The molecule has 3 aliphatic heterocycles. The van der Waals surface area contributed by atoms with E-state index in [1.807, 2.05) is 11.8 Å². The van der Waals surface area contributed by atoms with Crippen LogP contribution in [0.4, 0.5) is 10.1 Å². The van der Waals surface area contributed by atoms with Crippen LogP contribution >= 0.6 is 11.8 Å². The van der Waals surface area contributed by atoms with E-state index >= 15 is 4.39 Å². The van der Waals surface area contributed by atoms with Crippen LogP contribution in [0.3, 0.4) is 0 Å². The molecule has 0 aliphatic carbocycles. The van der Waals surface area contributed by atoms with Crippen molar-refractivity contribution in [3.63, 3.8) is 0 Å². The second-order valence-corrected chi connectivity index (χ2v) is 23.6. The van der Waals surface area contributed by atoms with Crippen LogP contribution in [0.1, 0.15) is 190 Å². The van der Waals surface area contributed by atoms with Crippen molar-refractivity contribution < 1.29 is 62.2 Å². The van der Waals surface area contributed by atoms with E-state index in [1.54, 1.807) is 4.57 Å². The molecule has 87 heavy (non-hydrogen) atoms. The van der Waals surface area contributed by atoms with Crippen LogP contribution in [-0.4, -0.2) is 185 Å². The summed E-state index contributed by atoms with van der Waals surface area (Å²) >= 11 is 1.43. The predicted molar refractivity (Wildman–Crippen MR) is 325 cm³/mol. The van der Waals surface area contributed by atoms with Crippen LogP contribution in [0.5, 0.6) is 0 Å². The Bertz CT molecular complexity index is 2750.